The van der Waals surface area contributed by atoms with Crippen LogP contribution in [0.5, 0.6) is 0 Å². The number of hydrogen-bond donors (Lipinski definition) is 2. The lowest BCUT2D eigenvalue weighted by Crippen LogP contribution is -2.34. The van der Waals surface area contributed by atoms with Gasteiger partial charge in [-0.1, -0.05) is 5.16 Å². The van der Waals surface area contributed by atoms with Gasteiger partial charge in [0.1, 0.15) is 0 Å². The van der Waals surface area contributed by atoms with E-state index >= 15 is 0 Å². The highest BCUT2D eigenvalue weighted by Gasteiger charge is 2.19. The molecule has 108 valence electrons. The maximum absolute atomic E-state index is 12.4. The summed E-state index contributed by atoms with van der Waals surface area (Å²) in [7, 11) is 0. The van der Waals surface area contributed by atoms with Crippen LogP contribution in [0.1, 0.15) is 42.0 Å². The number of pyridine rings is 1. The van der Waals surface area contributed by atoms with Crippen molar-refractivity contribution in [1.29, 1.82) is 0 Å². The van der Waals surface area contributed by atoms with Crippen molar-refractivity contribution in [3.63, 3.8) is 0 Å². The minimum Gasteiger partial charge on any atom is -0.393 e. The highest BCUT2D eigenvalue weighted by Crippen LogP contribution is 2.21. The molecule has 0 spiro atoms. The van der Waals surface area contributed by atoms with Crippen LogP contribution >= 0.6 is 0 Å². The Bertz CT molecular complexity index is 634. The molecule has 6 nitrogen and oxygen atoms in total. The molecule has 2 aromatic heterocycles. The topological polar surface area (TPSA) is 88.2 Å². The molecule has 2 rings (SSSR count). The molecule has 0 saturated carbocycles. The van der Waals surface area contributed by atoms with E-state index in [1.165, 1.54) is 0 Å². The summed E-state index contributed by atoms with van der Waals surface area (Å²) in [4.78, 5) is 16.6. The van der Waals surface area contributed by atoms with E-state index in [4.69, 9.17) is 4.52 Å². The number of fused-ring (bicyclic) bond motifs is 1. The maximum atomic E-state index is 12.4. The van der Waals surface area contributed by atoms with Crippen LogP contribution in [0.3, 0.4) is 0 Å². The maximum Gasteiger partial charge on any atom is 0.258 e. The highest BCUT2D eigenvalue weighted by atomic mass is 16.5. The lowest BCUT2D eigenvalue weighted by molar-refractivity contribution is 0.0924. The van der Waals surface area contributed by atoms with Gasteiger partial charge in [0.05, 0.1) is 22.7 Å². The lowest BCUT2D eigenvalue weighted by Gasteiger charge is -2.15. The number of aryl methyl sites for hydroxylation is 2. The number of carbonyl (C=O) groups is 1. The van der Waals surface area contributed by atoms with Gasteiger partial charge in [-0.25, -0.2) is 4.98 Å². The zero-order valence-electron chi connectivity index (χ0n) is 12.1. The van der Waals surface area contributed by atoms with Crippen LogP contribution in [0.15, 0.2) is 10.6 Å². The van der Waals surface area contributed by atoms with E-state index in [1.54, 1.807) is 26.8 Å². The predicted octanol–water partition coefficient (Wildman–Crippen LogP) is 1.73. The SMILES string of the molecule is Cc1cc(C(=O)NC(C)CC(C)O)c2c(C)noc2n1. The van der Waals surface area contributed by atoms with Crippen molar-refractivity contribution < 1.29 is 14.4 Å². The molecule has 20 heavy (non-hydrogen) atoms. The number of aromatic nitrogens is 2. The molecule has 0 aliphatic carbocycles. The lowest BCUT2D eigenvalue weighted by atomic mass is 10.1. The summed E-state index contributed by atoms with van der Waals surface area (Å²) in [5.41, 5.74) is 2.21. The summed E-state index contributed by atoms with van der Waals surface area (Å²) in [5.74, 6) is -0.208. The van der Waals surface area contributed by atoms with Crippen molar-refractivity contribution >= 4 is 17.0 Å². The first-order valence-electron chi connectivity index (χ1n) is 6.61. The molecule has 0 fully saturated rings. The zero-order chi connectivity index (χ0) is 14.9. The normalized spacial score (nSPS) is 14.2. The van der Waals surface area contributed by atoms with Crippen LogP contribution in [0, 0.1) is 13.8 Å². The molecule has 0 aliphatic heterocycles. The smallest absolute Gasteiger partial charge is 0.258 e. The number of hydrogen-bond acceptors (Lipinski definition) is 5. The number of nitrogens with zero attached hydrogens (tertiary/aromatic N) is 2. The number of amides is 1. The van der Waals surface area contributed by atoms with Gasteiger partial charge < -0.3 is 14.9 Å². The molecule has 0 radical (unpaired) electrons. The van der Waals surface area contributed by atoms with E-state index in [2.05, 4.69) is 15.5 Å². The van der Waals surface area contributed by atoms with Crippen LogP contribution in [-0.4, -0.2) is 33.3 Å². The Morgan fingerprint density at radius 1 is 1.45 bits per heavy atom. The first-order chi connectivity index (χ1) is 9.38. The Morgan fingerprint density at radius 2 is 2.15 bits per heavy atom. The standard InChI is InChI=1S/C14H19N3O3/c1-7(5-9(3)18)15-13(19)11-6-8(2)16-14-12(11)10(4)17-20-14/h6-7,9,18H,5H2,1-4H3,(H,15,19). The largest absolute Gasteiger partial charge is 0.393 e. The first kappa shape index (κ1) is 14.5. The molecule has 0 aromatic carbocycles. The van der Waals surface area contributed by atoms with Gasteiger partial charge in [-0.3, -0.25) is 4.79 Å². The van der Waals surface area contributed by atoms with Crippen LogP contribution in [0.2, 0.25) is 0 Å². The summed E-state index contributed by atoms with van der Waals surface area (Å²) in [5, 5.41) is 16.7. The highest BCUT2D eigenvalue weighted by molar-refractivity contribution is 6.06. The van der Waals surface area contributed by atoms with Crippen molar-refractivity contribution in [2.45, 2.75) is 46.3 Å². The van der Waals surface area contributed by atoms with Crippen molar-refractivity contribution in [2.24, 2.45) is 0 Å². The number of carbonyl (C=O) groups excluding carboxylic acids is 1. The van der Waals surface area contributed by atoms with Crippen LogP contribution in [0.4, 0.5) is 0 Å². The monoisotopic (exact) mass is 277 g/mol. The van der Waals surface area contributed by atoms with E-state index in [0.29, 0.717) is 34.5 Å². The minimum absolute atomic E-state index is 0.119. The summed E-state index contributed by atoms with van der Waals surface area (Å²) in [6, 6.07) is 1.60. The van der Waals surface area contributed by atoms with Crippen LogP contribution < -0.4 is 5.32 Å². The third kappa shape index (κ3) is 2.96. The van der Waals surface area contributed by atoms with Gasteiger partial charge in [0.15, 0.2) is 0 Å². The fourth-order valence-electron chi connectivity index (χ4n) is 2.27. The van der Waals surface area contributed by atoms with E-state index < -0.39 is 6.10 Å². The van der Waals surface area contributed by atoms with E-state index in [0.717, 1.165) is 0 Å². The molecule has 2 aromatic rings. The fourth-order valence-corrected chi connectivity index (χ4v) is 2.27. The van der Waals surface area contributed by atoms with Crippen molar-refractivity contribution in [1.82, 2.24) is 15.5 Å². The van der Waals surface area contributed by atoms with Crippen LogP contribution in [-0.2, 0) is 0 Å². The Hall–Kier alpha value is -1.95. The molecule has 0 bridgehead atoms. The molecular formula is C14H19N3O3. The van der Waals surface area contributed by atoms with Gasteiger partial charge >= 0.3 is 0 Å². The molecule has 6 heteroatoms. The van der Waals surface area contributed by atoms with Gasteiger partial charge in [0, 0.05) is 11.7 Å². The van der Waals surface area contributed by atoms with Gasteiger partial charge in [0.2, 0.25) is 0 Å². The van der Waals surface area contributed by atoms with Crippen molar-refractivity contribution in [3.8, 4) is 0 Å². The second-order valence-electron chi connectivity index (χ2n) is 5.22. The third-order valence-corrected chi connectivity index (χ3v) is 3.06. The third-order valence-electron chi connectivity index (χ3n) is 3.06. The van der Waals surface area contributed by atoms with E-state index in [-0.39, 0.29) is 11.9 Å². The molecule has 0 aliphatic rings. The average molecular weight is 277 g/mol. The van der Waals surface area contributed by atoms with Gasteiger partial charge in [-0.05, 0) is 40.2 Å². The summed E-state index contributed by atoms with van der Waals surface area (Å²) < 4.78 is 5.11. The number of aliphatic hydroxyl groups is 1. The second kappa shape index (κ2) is 5.58. The van der Waals surface area contributed by atoms with Gasteiger partial charge in [0.25, 0.3) is 11.6 Å². The second-order valence-corrected chi connectivity index (χ2v) is 5.22. The molecule has 2 N–H and O–H groups in total. The summed E-state index contributed by atoms with van der Waals surface area (Å²) in [6.07, 6.45) is 0.0449. The Balaban J connectivity index is 2.32. The summed E-state index contributed by atoms with van der Waals surface area (Å²) in [6.45, 7) is 7.13. The molecule has 0 saturated heterocycles. The van der Waals surface area contributed by atoms with Gasteiger partial charge in [-0.15, -0.1) is 0 Å². The number of nitrogens with one attached hydrogen (secondary N) is 1. The molecule has 1 amide bonds. The Morgan fingerprint density at radius 3 is 2.80 bits per heavy atom. The molecule has 2 unspecified atom stereocenters. The van der Waals surface area contributed by atoms with Gasteiger partial charge in [-0.2, -0.15) is 0 Å². The van der Waals surface area contributed by atoms with Crippen molar-refractivity contribution in [3.05, 3.63) is 23.0 Å². The fraction of sp³-hybridized carbons (Fsp3) is 0.500. The van der Waals surface area contributed by atoms with E-state index in [1.807, 2.05) is 6.92 Å². The molecule has 2 atom stereocenters. The zero-order valence-corrected chi connectivity index (χ0v) is 12.1. The van der Waals surface area contributed by atoms with Crippen molar-refractivity contribution in [2.75, 3.05) is 0 Å². The molecule has 2 heterocycles. The predicted molar refractivity (Wildman–Crippen MR) is 74.5 cm³/mol. The minimum atomic E-state index is -0.457. The quantitative estimate of drug-likeness (QED) is 0.888. The number of aliphatic hydroxyl groups excluding tert-OH is 1. The molecular weight excluding hydrogens is 258 g/mol. The van der Waals surface area contributed by atoms with E-state index in [9.17, 15) is 9.90 Å². The number of rotatable bonds is 4. The average Bonchev–Trinajstić information content (AvgIpc) is 2.68. The van der Waals surface area contributed by atoms with Crippen LogP contribution in [0.25, 0.3) is 11.1 Å². The summed E-state index contributed by atoms with van der Waals surface area (Å²) >= 11 is 0. The Labute approximate surface area is 117 Å². The Kier molecular flexibility index (Phi) is 4.04. The first-order valence-corrected chi connectivity index (χ1v) is 6.61.